The molecule has 7 heteroatoms. The molecule has 0 spiro atoms. The molecule has 0 aliphatic heterocycles. The Morgan fingerprint density at radius 2 is 1.88 bits per heavy atom. The van der Waals surface area contributed by atoms with Crippen LogP contribution in [0.5, 0.6) is 11.6 Å². The standard InChI is InChI=1S/C19H26N4O2.HI/c1-4-20-19(23-14-16-7-10-18(24-3)22-13-16)21-11-12-25-17-8-5-15(2)6-9-17;/h5-10,13H,4,11-12,14H2,1-3H3,(H2,20,21,23);1H. The van der Waals surface area contributed by atoms with Crippen LogP contribution in [0.1, 0.15) is 18.1 Å². The zero-order chi connectivity index (χ0) is 17.9. The predicted octanol–water partition coefficient (Wildman–Crippen LogP) is 3.15. The van der Waals surface area contributed by atoms with Crippen LogP contribution in [0.2, 0.25) is 0 Å². The Morgan fingerprint density at radius 3 is 2.50 bits per heavy atom. The maximum absolute atomic E-state index is 5.71. The number of rotatable bonds is 8. The van der Waals surface area contributed by atoms with E-state index in [1.165, 1.54) is 5.56 Å². The van der Waals surface area contributed by atoms with E-state index in [1.54, 1.807) is 13.3 Å². The van der Waals surface area contributed by atoms with Crippen LogP contribution in [-0.2, 0) is 6.54 Å². The Morgan fingerprint density at radius 1 is 1.12 bits per heavy atom. The van der Waals surface area contributed by atoms with Gasteiger partial charge in [-0.25, -0.2) is 9.98 Å². The molecule has 2 rings (SSSR count). The number of methoxy groups -OCH3 is 1. The van der Waals surface area contributed by atoms with Crippen LogP contribution < -0.4 is 20.1 Å². The number of hydrogen-bond acceptors (Lipinski definition) is 4. The number of aromatic nitrogens is 1. The van der Waals surface area contributed by atoms with Crippen molar-refractivity contribution in [2.75, 3.05) is 26.8 Å². The van der Waals surface area contributed by atoms with Gasteiger partial charge in [0.2, 0.25) is 5.88 Å². The smallest absolute Gasteiger partial charge is 0.212 e. The first-order valence-corrected chi connectivity index (χ1v) is 8.42. The number of pyridine rings is 1. The number of benzene rings is 1. The summed E-state index contributed by atoms with van der Waals surface area (Å²) in [7, 11) is 1.60. The van der Waals surface area contributed by atoms with Gasteiger partial charge in [0.15, 0.2) is 5.96 Å². The van der Waals surface area contributed by atoms with Gasteiger partial charge in [-0.1, -0.05) is 23.8 Å². The molecule has 2 N–H and O–H groups in total. The summed E-state index contributed by atoms with van der Waals surface area (Å²) >= 11 is 0. The molecule has 6 nitrogen and oxygen atoms in total. The van der Waals surface area contributed by atoms with E-state index in [0.29, 0.717) is 25.6 Å². The highest BCUT2D eigenvalue weighted by Crippen LogP contribution is 2.10. The number of nitrogens with zero attached hydrogens (tertiary/aromatic N) is 2. The lowest BCUT2D eigenvalue weighted by atomic mass is 10.2. The normalized spacial score (nSPS) is 10.7. The van der Waals surface area contributed by atoms with Crippen molar-refractivity contribution in [2.45, 2.75) is 20.4 Å². The van der Waals surface area contributed by atoms with Gasteiger partial charge in [0, 0.05) is 18.8 Å². The zero-order valence-corrected chi connectivity index (χ0v) is 17.8. The van der Waals surface area contributed by atoms with Gasteiger partial charge in [0.05, 0.1) is 20.2 Å². The lowest BCUT2D eigenvalue weighted by Gasteiger charge is -2.12. The Labute approximate surface area is 172 Å². The second-order valence-corrected chi connectivity index (χ2v) is 5.49. The average molecular weight is 470 g/mol. The van der Waals surface area contributed by atoms with E-state index < -0.39 is 0 Å². The van der Waals surface area contributed by atoms with Gasteiger partial charge in [0.25, 0.3) is 0 Å². The zero-order valence-electron chi connectivity index (χ0n) is 15.5. The van der Waals surface area contributed by atoms with E-state index in [9.17, 15) is 0 Å². The summed E-state index contributed by atoms with van der Waals surface area (Å²) in [4.78, 5) is 8.74. The summed E-state index contributed by atoms with van der Waals surface area (Å²) in [6, 6.07) is 11.8. The minimum absolute atomic E-state index is 0. The molecule has 0 bridgehead atoms. The summed E-state index contributed by atoms with van der Waals surface area (Å²) < 4.78 is 10.8. The van der Waals surface area contributed by atoms with Crippen LogP contribution in [0.4, 0.5) is 0 Å². The molecular weight excluding hydrogens is 443 g/mol. The Hall–Kier alpha value is -2.03. The maximum Gasteiger partial charge on any atom is 0.212 e. The van der Waals surface area contributed by atoms with Gasteiger partial charge in [0.1, 0.15) is 12.4 Å². The third kappa shape index (κ3) is 7.90. The van der Waals surface area contributed by atoms with E-state index >= 15 is 0 Å². The first-order chi connectivity index (χ1) is 12.2. The molecule has 1 heterocycles. The number of aliphatic imine (C=N–C) groups is 1. The summed E-state index contributed by atoms with van der Waals surface area (Å²) in [5.74, 6) is 2.23. The van der Waals surface area contributed by atoms with Gasteiger partial charge in [-0.05, 0) is 31.5 Å². The van der Waals surface area contributed by atoms with Crippen molar-refractivity contribution in [1.29, 1.82) is 0 Å². The molecule has 0 amide bonds. The van der Waals surface area contributed by atoms with Gasteiger partial charge in [-0.3, -0.25) is 0 Å². The summed E-state index contributed by atoms with van der Waals surface area (Å²) in [5, 5.41) is 6.48. The van der Waals surface area contributed by atoms with Crippen LogP contribution in [0.15, 0.2) is 47.6 Å². The monoisotopic (exact) mass is 470 g/mol. The molecule has 1 aromatic heterocycles. The summed E-state index contributed by atoms with van der Waals surface area (Å²) in [5.41, 5.74) is 2.24. The van der Waals surface area contributed by atoms with Crippen LogP contribution in [0.25, 0.3) is 0 Å². The molecule has 0 aliphatic rings. The van der Waals surface area contributed by atoms with E-state index in [-0.39, 0.29) is 24.0 Å². The van der Waals surface area contributed by atoms with Crippen LogP contribution in [0.3, 0.4) is 0 Å². The lowest BCUT2D eigenvalue weighted by Crippen LogP contribution is -2.39. The maximum atomic E-state index is 5.71. The Kier molecular flexibility index (Phi) is 10.5. The first-order valence-electron chi connectivity index (χ1n) is 8.42. The molecule has 0 radical (unpaired) electrons. The third-order valence-electron chi connectivity index (χ3n) is 3.45. The average Bonchev–Trinajstić information content (AvgIpc) is 2.65. The van der Waals surface area contributed by atoms with Crippen molar-refractivity contribution in [3.05, 3.63) is 53.7 Å². The predicted molar refractivity (Wildman–Crippen MR) is 116 cm³/mol. The molecule has 0 aliphatic carbocycles. The highest BCUT2D eigenvalue weighted by Gasteiger charge is 1.99. The van der Waals surface area contributed by atoms with Crippen molar-refractivity contribution in [3.8, 4) is 11.6 Å². The van der Waals surface area contributed by atoms with Gasteiger partial charge in [-0.15, -0.1) is 24.0 Å². The van der Waals surface area contributed by atoms with Crippen molar-refractivity contribution in [2.24, 2.45) is 4.99 Å². The first kappa shape index (κ1) is 22.0. The van der Waals surface area contributed by atoms with E-state index in [1.807, 2.05) is 43.3 Å². The third-order valence-corrected chi connectivity index (χ3v) is 3.45. The van der Waals surface area contributed by atoms with Gasteiger partial charge < -0.3 is 20.1 Å². The van der Waals surface area contributed by atoms with Crippen molar-refractivity contribution < 1.29 is 9.47 Å². The molecule has 2 aromatic rings. The van der Waals surface area contributed by atoms with Crippen molar-refractivity contribution in [1.82, 2.24) is 15.6 Å². The highest BCUT2D eigenvalue weighted by molar-refractivity contribution is 14.0. The Balaban J connectivity index is 0.00000338. The number of guanidine groups is 1. The minimum atomic E-state index is 0. The molecule has 26 heavy (non-hydrogen) atoms. The lowest BCUT2D eigenvalue weighted by molar-refractivity contribution is 0.322. The van der Waals surface area contributed by atoms with Crippen LogP contribution in [0, 0.1) is 6.92 Å². The summed E-state index contributed by atoms with van der Waals surface area (Å²) in [6.07, 6.45) is 1.77. The second-order valence-electron chi connectivity index (χ2n) is 5.49. The fourth-order valence-corrected chi connectivity index (χ4v) is 2.11. The fraction of sp³-hybridized carbons (Fsp3) is 0.368. The minimum Gasteiger partial charge on any atom is -0.492 e. The molecular formula is C19H27IN4O2. The number of nitrogens with one attached hydrogen (secondary N) is 2. The molecule has 0 unspecified atom stereocenters. The van der Waals surface area contributed by atoms with Gasteiger partial charge in [-0.2, -0.15) is 0 Å². The van der Waals surface area contributed by atoms with E-state index in [2.05, 4.69) is 27.5 Å². The molecule has 0 atom stereocenters. The van der Waals surface area contributed by atoms with E-state index in [0.717, 1.165) is 23.8 Å². The van der Waals surface area contributed by atoms with Crippen molar-refractivity contribution >= 4 is 29.9 Å². The topological polar surface area (TPSA) is 67.8 Å². The van der Waals surface area contributed by atoms with Crippen LogP contribution >= 0.6 is 24.0 Å². The van der Waals surface area contributed by atoms with Crippen molar-refractivity contribution in [3.63, 3.8) is 0 Å². The SMILES string of the molecule is CCNC(=NCc1ccc(OC)nc1)NCCOc1ccc(C)cc1.I. The number of ether oxygens (including phenoxy) is 2. The number of halogens is 1. The molecule has 142 valence electrons. The number of aryl methyl sites for hydroxylation is 1. The van der Waals surface area contributed by atoms with Crippen LogP contribution in [-0.4, -0.2) is 37.7 Å². The van der Waals surface area contributed by atoms with E-state index in [4.69, 9.17) is 9.47 Å². The highest BCUT2D eigenvalue weighted by atomic mass is 127. The summed E-state index contributed by atoms with van der Waals surface area (Å²) in [6.45, 7) is 6.67. The number of hydrogen-bond donors (Lipinski definition) is 2. The largest absolute Gasteiger partial charge is 0.492 e. The Bertz CT molecular complexity index is 660. The molecule has 0 saturated carbocycles. The molecule has 0 saturated heterocycles. The quantitative estimate of drug-likeness (QED) is 0.269. The second kappa shape index (κ2) is 12.3. The fourth-order valence-electron chi connectivity index (χ4n) is 2.11. The van der Waals surface area contributed by atoms with Gasteiger partial charge >= 0.3 is 0 Å². The molecule has 0 fully saturated rings. The molecule has 1 aromatic carbocycles.